The molecular formula is C22H26FN5O4S. The smallest absolute Gasteiger partial charge is 0.269 e. The molecule has 0 spiro atoms. The third-order valence-electron chi connectivity index (χ3n) is 5.85. The molecule has 2 aromatic rings. The van der Waals surface area contributed by atoms with E-state index in [-0.39, 0.29) is 11.6 Å². The highest BCUT2D eigenvalue weighted by atomic mass is 32.2. The van der Waals surface area contributed by atoms with Crippen LogP contribution in [0.1, 0.15) is 47.6 Å². The molecule has 0 saturated carbocycles. The molecule has 2 aliphatic rings. The van der Waals surface area contributed by atoms with Crippen molar-refractivity contribution >= 4 is 21.8 Å². The van der Waals surface area contributed by atoms with Gasteiger partial charge in [0.2, 0.25) is 10.0 Å². The molecule has 0 aromatic heterocycles. The highest BCUT2D eigenvalue weighted by Gasteiger charge is 2.31. The Morgan fingerprint density at radius 1 is 0.970 bits per heavy atom. The van der Waals surface area contributed by atoms with Crippen LogP contribution in [0.25, 0.3) is 0 Å². The van der Waals surface area contributed by atoms with Gasteiger partial charge in [-0.05, 0) is 43.0 Å². The summed E-state index contributed by atoms with van der Waals surface area (Å²) in [5, 5.41) is 0. The quantitative estimate of drug-likeness (QED) is 0.485. The van der Waals surface area contributed by atoms with Crippen LogP contribution < -0.4 is 21.7 Å². The van der Waals surface area contributed by atoms with Crippen molar-refractivity contribution in [3.8, 4) is 0 Å². The maximum Gasteiger partial charge on any atom is 0.269 e. The molecule has 11 heteroatoms. The first-order valence-corrected chi connectivity index (χ1v) is 12.3. The van der Waals surface area contributed by atoms with Gasteiger partial charge in [-0.25, -0.2) is 23.7 Å². The summed E-state index contributed by atoms with van der Waals surface area (Å²) < 4.78 is 41.3. The number of sulfonamides is 1. The van der Waals surface area contributed by atoms with Crippen molar-refractivity contribution in [1.29, 1.82) is 0 Å². The van der Waals surface area contributed by atoms with Crippen LogP contribution in [-0.2, 0) is 14.8 Å². The van der Waals surface area contributed by atoms with Gasteiger partial charge < -0.3 is 0 Å². The van der Waals surface area contributed by atoms with Gasteiger partial charge in [-0.15, -0.1) is 0 Å². The third-order valence-corrected chi connectivity index (χ3v) is 7.76. The average Bonchev–Trinajstić information content (AvgIpc) is 3.34. The number of hydrogen-bond acceptors (Lipinski definition) is 6. The van der Waals surface area contributed by atoms with Crippen LogP contribution in [0.3, 0.4) is 0 Å². The second-order valence-corrected chi connectivity index (χ2v) is 10.00. The van der Waals surface area contributed by atoms with Gasteiger partial charge in [0.15, 0.2) is 0 Å². The van der Waals surface area contributed by atoms with Crippen molar-refractivity contribution in [1.82, 2.24) is 26.0 Å². The highest BCUT2D eigenvalue weighted by Crippen LogP contribution is 2.24. The van der Waals surface area contributed by atoms with Crippen molar-refractivity contribution in [3.05, 3.63) is 65.5 Å². The number of hydrazine groups is 2. The second-order valence-electron chi connectivity index (χ2n) is 8.09. The van der Waals surface area contributed by atoms with Crippen LogP contribution >= 0.6 is 0 Å². The largest absolute Gasteiger partial charge is 0.271 e. The molecule has 2 amide bonds. The van der Waals surface area contributed by atoms with Crippen LogP contribution in [-0.4, -0.2) is 43.7 Å². The van der Waals surface area contributed by atoms with Crippen LogP contribution in [0.2, 0.25) is 0 Å². The lowest BCUT2D eigenvalue weighted by molar-refractivity contribution is -0.123. The van der Waals surface area contributed by atoms with E-state index in [1.807, 2.05) is 30.3 Å². The van der Waals surface area contributed by atoms with E-state index in [1.54, 1.807) is 0 Å². The maximum atomic E-state index is 14.4. The Hall–Kier alpha value is -2.86. The fourth-order valence-corrected chi connectivity index (χ4v) is 5.60. The molecule has 0 bridgehead atoms. The predicted molar refractivity (Wildman–Crippen MR) is 118 cm³/mol. The van der Waals surface area contributed by atoms with Crippen molar-refractivity contribution < 1.29 is 22.4 Å². The molecule has 0 radical (unpaired) electrons. The lowest BCUT2D eigenvalue weighted by Gasteiger charge is -2.26. The summed E-state index contributed by atoms with van der Waals surface area (Å²) in [6, 6.07) is 12.1. The Kier molecular flexibility index (Phi) is 7.03. The number of halogens is 1. The summed E-state index contributed by atoms with van der Waals surface area (Å²) >= 11 is 0. The van der Waals surface area contributed by atoms with E-state index in [2.05, 4.69) is 21.7 Å². The molecule has 2 aliphatic heterocycles. The fraction of sp³-hybridized carbons (Fsp3) is 0.364. The Labute approximate surface area is 191 Å². The Bertz CT molecular complexity index is 1120. The number of carbonyl (C=O) groups excluding carboxylic acids is 2. The zero-order chi connectivity index (χ0) is 23.4. The van der Waals surface area contributed by atoms with E-state index in [9.17, 15) is 22.4 Å². The first kappa shape index (κ1) is 23.3. The fourth-order valence-electron chi connectivity index (χ4n) is 4.00. The summed E-state index contributed by atoms with van der Waals surface area (Å²) in [5.74, 6) is -2.13. The normalized spacial score (nSPS) is 21.5. The van der Waals surface area contributed by atoms with Crippen molar-refractivity contribution in [2.75, 3.05) is 13.1 Å². The number of piperidine rings is 1. The van der Waals surface area contributed by atoms with Crippen molar-refractivity contribution in [3.63, 3.8) is 0 Å². The minimum Gasteiger partial charge on any atom is -0.271 e. The van der Waals surface area contributed by atoms with Crippen LogP contribution in [0.5, 0.6) is 0 Å². The van der Waals surface area contributed by atoms with E-state index in [0.717, 1.165) is 24.1 Å². The van der Waals surface area contributed by atoms with Gasteiger partial charge in [0.1, 0.15) is 16.8 Å². The first-order valence-electron chi connectivity index (χ1n) is 10.8. The van der Waals surface area contributed by atoms with Crippen molar-refractivity contribution in [2.24, 2.45) is 0 Å². The lowest BCUT2D eigenvalue weighted by Crippen LogP contribution is -2.50. The minimum atomic E-state index is -4.05. The number of rotatable bonds is 5. The molecule has 2 atom stereocenters. The minimum absolute atomic E-state index is 0.0581. The standard InChI is InChI=1S/C22H26FN5O4S/c23-17-10-9-16(13-20(17)33(31,32)28-11-5-2-6-12-28)21(29)26-27-22(30)19-14-18(24-25-19)15-7-3-1-4-8-15/h1,3-4,7-10,13,18-19,24-25H,2,5-6,11-12,14H2,(H,26,29)(H,27,30). The summed E-state index contributed by atoms with van der Waals surface area (Å²) in [4.78, 5) is 24.4. The SMILES string of the molecule is O=C(NNC(=O)C1CC(c2ccccc2)NN1)c1ccc(F)c(S(=O)(=O)N2CCCCC2)c1. The van der Waals surface area contributed by atoms with Gasteiger partial charge in [-0.3, -0.25) is 20.4 Å². The number of hydrogen-bond donors (Lipinski definition) is 4. The van der Waals surface area contributed by atoms with Gasteiger partial charge in [0, 0.05) is 24.7 Å². The third kappa shape index (κ3) is 5.22. The molecule has 2 saturated heterocycles. The summed E-state index contributed by atoms with van der Waals surface area (Å²) in [6.45, 7) is 0.640. The van der Waals surface area contributed by atoms with E-state index in [0.29, 0.717) is 32.4 Å². The molecule has 4 rings (SSSR count). The van der Waals surface area contributed by atoms with E-state index < -0.39 is 38.6 Å². The molecule has 2 aromatic carbocycles. The van der Waals surface area contributed by atoms with Crippen LogP contribution in [0.4, 0.5) is 4.39 Å². The maximum absolute atomic E-state index is 14.4. The first-order chi connectivity index (χ1) is 15.9. The molecular weight excluding hydrogens is 449 g/mol. The molecule has 2 heterocycles. The Morgan fingerprint density at radius 2 is 1.70 bits per heavy atom. The molecule has 176 valence electrons. The molecule has 2 fully saturated rings. The topological polar surface area (TPSA) is 120 Å². The van der Waals surface area contributed by atoms with Gasteiger partial charge in [0.25, 0.3) is 11.8 Å². The summed E-state index contributed by atoms with van der Waals surface area (Å²) in [7, 11) is -4.05. The number of benzene rings is 2. The Morgan fingerprint density at radius 3 is 2.42 bits per heavy atom. The zero-order valence-electron chi connectivity index (χ0n) is 17.9. The van der Waals surface area contributed by atoms with E-state index >= 15 is 0 Å². The summed E-state index contributed by atoms with van der Waals surface area (Å²) in [5.41, 5.74) is 11.5. The van der Waals surface area contributed by atoms with Crippen LogP contribution in [0.15, 0.2) is 53.4 Å². The predicted octanol–water partition coefficient (Wildman–Crippen LogP) is 1.37. The van der Waals surface area contributed by atoms with Crippen molar-refractivity contribution in [2.45, 2.75) is 42.7 Å². The van der Waals surface area contributed by atoms with Gasteiger partial charge in [0.05, 0.1) is 0 Å². The monoisotopic (exact) mass is 475 g/mol. The van der Waals surface area contributed by atoms with Gasteiger partial charge in [-0.2, -0.15) is 4.31 Å². The molecule has 33 heavy (non-hydrogen) atoms. The second kappa shape index (κ2) is 9.96. The zero-order valence-corrected chi connectivity index (χ0v) is 18.7. The number of carbonyl (C=O) groups is 2. The van der Waals surface area contributed by atoms with E-state index in [1.165, 1.54) is 10.4 Å². The van der Waals surface area contributed by atoms with Gasteiger partial charge in [-0.1, -0.05) is 36.8 Å². The molecule has 0 aliphatic carbocycles. The van der Waals surface area contributed by atoms with Gasteiger partial charge >= 0.3 is 0 Å². The lowest BCUT2D eigenvalue weighted by atomic mass is 10.0. The summed E-state index contributed by atoms with van der Waals surface area (Å²) in [6.07, 6.45) is 2.82. The average molecular weight is 476 g/mol. The van der Waals surface area contributed by atoms with Crippen LogP contribution in [0, 0.1) is 5.82 Å². The highest BCUT2D eigenvalue weighted by molar-refractivity contribution is 7.89. The number of amides is 2. The Balaban J connectivity index is 1.38. The number of nitrogens with zero attached hydrogens (tertiary/aromatic N) is 1. The van der Waals surface area contributed by atoms with E-state index in [4.69, 9.17) is 0 Å². The molecule has 2 unspecified atom stereocenters. The molecule has 4 N–H and O–H groups in total. The molecule has 9 nitrogen and oxygen atoms in total. The number of nitrogens with one attached hydrogen (secondary N) is 4.